The SMILES string of the molecule is COC(=O)C1CCCCN1C(=O)C1CCN(c2ccc3nnc(C(F)(F)F)n3n2)CC1. The minimum atomic E-state index is -4.66. The van der Waals surface area contributed by atoms with Gasteiger partial charge in [-0.15, -0.1) is 15.3 Å². The molecule has 1 atom stereocenters. The highest BCUT2D eigenvalue weighted by atomic mass is 19.4. The molecule has 9 nitrogen and oxygen atoms in total. The van der Waals surface area contributed by atoms with E-state index in [1.165, 1.54) is 13.2 Å². The Morgan fingerprint density at radius 3 is 2.48 bits per heavy atom. The zero-order valence-corrected chi connectivity index (χ0v) is 17.0. The number of ether oxygens (including phenoxy) is 1. The molecule has 4 heterocycles. The Balaban J connectivity index is 1.45. The van der Waals surface area contributed by atoms with Crippen molar-refractivity contribution in [1.82, 2.24) is 24.7 Å². The number of aromatic nitrogens is 4. The fraction of sp³-hybridized carbons (Fsp3) is 0.632. The summed E-state index contributed by atoms with van der Waals surface area (Å²) in [5.41, 5.74) is 0.0140. The van der Waals surface area contributed by atoms with Crippen molar-refractivity contribution in [3.05, 3.63) is 18.0 Å². The van der Waals surface area contributed by atoms with Crippen molar-refractivity contribution in [2.24, 2.45) is 5.92 Å². The molecule has 1 amide bonds. The molecule has 2 aliphatic heterocycles. The molecule has 12 heteroatoms. The molecule has 0 bridgehead atoms. The summed E-state index contributed by atoms with van der Waals surface area (Å²) in [5, 5.41) is 10.8. The third-order valence-corrected chi connectivity index (χ3v) is 5.93. The second-order valence-corrected chi connectivity index (χ2v) is 7.81. The molecule has 31 heavy (non-hydrogen) atoms. The molecule has 1 unspecified atom stereocenters. The number of carbonyl (C=O) groups excluding carboxylic acids is 2. The van der Waals surface area contributed by atoms with Crippen molar-refractivity contribution in [3.63, 3.8) is 0 Å². The van der Waals surface area contributed by atoms with E-state index in [1.54, 1.807) is 11.0 Å². The van der Waals surface area contributed by atoms with Crippen LogP contribution in [0.4, 0.5) is 19.0 Å². The first-order chi connectivity index (χ1) is 14.8. The van der Waals surface area contributed by atoms with Crippen LogP contribution in [0.15, 0.2) is 12.1 Å². The number of hydrogen-bond acceptors (Lipinski definition) is 7. The number of esters is 1. The molecule has 0 spiro atoms. The normalized spacial score (nSPS) is 20.8. The maximum Gasteiger partial charge on any atom is 0.453 e. The Morgan fingerprint density at radius 1 is 1.06 bits per heavy atom. The van der Waals surface area contributed by atoms with E-state index in [0.717, 1.165) is 12.8 Å². The lowest BCUT2D eigenvalue weighted by molar-refractivity contribution is -0.156. The Labute approximate surface area is 176 Å². The van der Waals surface area contributed by atoms with Gasteiger partial charge in [-0.1, -0.05) is 0 Å². The molecule has 2 fully saturated rings. The highest BCUT2D eigenvalue weighted by Crippen LogP contribution is 2.30. The largest absolute Gasteiger partial charge is 0.467 e. The predicted molar refractivity (Wildman–Crippen MR) is 102 cm³/mol. The zero-order chi connectivity index (χ0) is 22.2. The van der Waals surface area contributed by atoms with Crippen LogP contribution in [0, 0.1) is 5.92 Å². The van der Waals surface area contributed by atoms with Crippen LogP contribution >= 0.6 is 0 Å². The molecular weight excluding hydrogens is 417 g/mol. The van der Waals surface area contributed by atoms with Crippen molar-refractivity contribution in [2.75, 3.05) is 31.6 Å². The maximum absolute atomic E-state index is 13.1. The number of piperidine rings is 2. The smallest absolute Gasteiger partial charge is 0.453 e. The summed E-state index contributed by atoms with van der Waals surface area (Å²) in [6.45, 7) is 1.47. The molecule has 0 saturated carbocycles. The van der Waals surface area contributed by atoms with E-state index in [1.807, 2.05) is 4.90 Å². The van der Waals surface area contributed by atoms with E-state index in [9.17, 15) is 22.8 Å². The van der Waals surface area contributed by atoms with Crippen LogP contribution in [0.2, 0.25) is 0 Å². The van der Waals surface area contributed by atoms with Crippen LogP contribution in [0.25, 0.3) is 5.65 Å². The lowest BCUT2D eigenvalue weighted by Gasteiger charge is -2.39. The molecule has 4 rings (SSSR count). The Morgan fingerprint density at radius 2 is 1.81 bits per heavy atom. The van der Waals surface area contributed by atoms with Gasteiger partial charge in [-0.05, 0) is 44.2 Å². The van der Waals surface area contributed by atoms with Gasteiger partial charge < -0.3 is 14.5 Å². The van der Waals surface area contributed by atoms with Crippen molar-refractivity contribution in [2.45, 2.75) is 44.3 Å². The van der Waals surface area contributed by atoms with Gasteiger partial charge in [-0.25, -0.2) is 4.79 Å². The van der Waals surface area contributed by atoms with Gasteiger partial charge in [0.1, 0.15) is 11.9 Å². The summed E-state index contributed by atoms with van der Waals surface area (Å²) >= 11 is 0. The molecule has 0 radical (unpaired) electrons. The van der Waals surface area contributed by atoms with E-state index in [0.29, 0.717) is 49.2 Å². The first-order valence-electron chi connectivity index (χ1n) is 10.2. The molecule has 0 aromatic carbocycles. The standard InChI is InChI=1S/C19H23F3N6O3/c1-31-17(30)13-4-2-3-9-27(13)16(29)12-7-10-26(11-8-12)15-6-5-14-23-24-18(19(20,21)22)28(14)25-15/h5-6,12-13H,2-4,7-11H2,1H3. The van der Waals surface area contributed by atoms with E-state index in [2.05, 4.69) is 15.3 Å². The summed E-state index contributed by atoms with van der Waals surface area (Å²) < 4.78 is 44.9. The van der Waals surface area contributed by atoms with Gasteiger partial charge in [-0.2, -0.15) is 17.7 Å². The van der Waals surface area contributed by atoms with Gasteiger partial charge in [0, 0.05) is 25.6 Å². The summed E-state index contributed by atoms with van der Waals surface area (Å²) in [6.07, 6.45) is -1.28. The second kappa shape index (κ2) is 8.31. The number of alkyl halides is 3. The summed E-state index contributed by atoms with van der Waals surface area (Å²) in [6, 6.07) is 2.50. The van der Waals surface area contributed by atoms with Crippen LogP contribution in [-0.4, -0.2) is 69.4 Å². The second-order valence-electron chi connectivity index (χ2n) is 7.81. The van der Waals surface area contributed by atoms with Crippen LogP contribution in [0.3, 0.4) is 0 Å². The number of likely N-dealkylation sites (tertiary alicyclic amines) is 1. The number of amides is 1. The molecule has 0 N–H and O–H groups in total. The number of halogens is 3. The number of hydrogen-bond donors (Lipinski definition) is 0. The van der Waals surface area contributed by atoms with Crippen molar-refractivity contribution < 1.29 is 27.5 Å². The lowest BCUT2D eigenvalue weighted by Crippen LogP contribution is -2.52. The number of nitrogens with zero attached hydrogens (tertiary/aromatic N) is 6. The van der Waals surface area contributed by atoms with Crippen molar-refractivity contribution in [1.29, 1.82) is 0 Å². The number of methoxy groups -OCH3 is 1. The quantitative estimate of drug-likeness (QED) is 0.673. The third kappa shape index (κ3) is 4.15. The average molecular weight is 440 g/mol. The minimum absolute atomic E-state index is 0.0140. The highest BCUT2D eigenvalue weighted by Gasteiger charge is 2.39. The first kappa shape index (κ1) is 21.3. The molecule has 2 saturated heterocycles. The summed E-state index contributed by atoms with van der Waals surface area (Å²) in [7, 11) is 1.32. The minimum Gasteiger partial charge on any atom is -0.467 e. The zero-order valence-electron chi connectivity index (χ0n) is 17.0. The van der Waals surface area contributed by atoms with E-state index < -0.39 is 24.0 Å². The Hall–Kier alpha value is -2.92. The number of anilines is 1. The van der Waals surface area contributed by atoms with Gasteiger partial charge in [-0.3, -0.25) is 4.79 Å². The Kier molecular flexibility index (Phi) is 5.71. The molecule has 2 aliphatic rings. The maximum atomic E-state index is 13.1. The Bertz CT molecular complexity index is 970. The van der Waals surface area contributed by atoms with Crippen LogP contribution in [0.1, 0.15) is 37.9 Å². The van der Waals surface area contributed by atoms with Gasteiger partial charge in [0.25, 0.3) is 5.82 Å². The number of rotatable bonds is 3. The third-order valence-electron chi connectivity index (χ3n) is 5.93. The fourth-order valence-corrected chi connectivity index (χ4v) is 4.29. The number of carbonyl (C=O) groups is 2. The fourth-order valence-electron chi connectivity index (χ4n) is 4.29. The van der Waals surface area contributed by atoms with Gasteiger partial charge in [0.15, 0.2) is 5.65 Å². The van der Waals surface area contributed by atoms with Gasteiger partial charge in [0.05, 0.1) is 7.11 Å². The van der Waals surface area contributed by atoms with Crippen LogP contribution in [0.5, 0.6) is 0 Å². The monoisotopic (exact) mass is 440 g/mol. The first-order valence-corrected chi connectivity index (χ1v) is 10.2. The summed E-state index contributed by atoms with van der Waals surface area (Å²) in [5.74, 6) is -1.50. The number of fused-ring (bicyclic) bond motifs is 1. The van der Waals surface area contributed by atoms with E-state index in [-0.39, 0.29) is 17.5 Å². The van der Waals surface area contributed by atoms with E-state index >= 15 is 0 Å². The molecular formula is C19H23F3N6O3. The van der Waals surface area contributed by atoms with Crippen LogP contribution in [-0.2, 0) is 20.5 Å². The van der Waals surface area contributed by atoms with Crippen molar-refractivity contribution >= 4 is 23.3 Å². The lowest BCUT2D eigenvalue weighted by atomic mass is 9.92. The molecule has 2 aromatic rings. The van der Waals surface area contributed by atoms with Crippen molar-refractivity contribution in [3.8, 4) is 0 Å². The predicted octanol–water partition coefficient (Wildman–Crippen LogP) is 1.91. The van der Waals surface area contributed by atoms with E-state index in [4.69, 9.17) is 4.74 Å². The molecule has 0 aliphatic carbocycles. The molecule has 168 valence electrons. The average Bonchev–Trinajstić information content (AvgIpc) is 3.22. The molecule has 2 aromatic heterocycles. The van der Waals surface area contributed by atoms with Crippen LogP contribution < -0.4 is 4.90 Å². The topological polar surface area (TPSA) is 92.9 Å². The van der Waals surface area contributed by atoms with Gasteiger partial charge in [0.2, 0.25) is 5.91 Å². The summed E-state index contributed by atoms with van der Waals surface area (Å²) in [4.78, 5) is 28.6. The highest BCUT2D eigenvalue weighted by molar-refractivity contribution is 5.86. The van der Waals surface area contributed by atoms with Gasteiger partial charge >= 0.3 is 12.1 Å².